The topological polar surface area (TPSA) is 162 Å². The van der Waals surface area contributed by atoms with Crippen LogP contribution in [0.2, 0.25) is 0 Å². The van der Waals surface area contributed by atoms with Crippen molar-refractivity contribution in [2.75, 3.05) is 46.7 Å². The van der Waals surface area contributed by atoms with Gasteiger partial charge in [0.1, 0.15) is 12.7 Å². The minimum Gasteiger partial charge on any atom is -0.598 e. The zero-order valence-electron chi connectivity index (χ0n) is 38.4. The van der Waals surface area contributed by atoms with Crippen LogP contribution in [0.3, 0.4) is 0 Å². The van der Waals surface area contributed by atoms with E-state index >= 15 is 0 Å². The SMILES string of the molecule is CCCCCCCCCCCCCCCCCC(=O)OCC(COP(=O)(O)OCCN=C([O-])OCCOC)OC(=O)CCCCCCCCCCCCCCCCC.[Na+]. The predicted octanol–water partition coefficient (Wildman–Crippen LogP) is 8.48. The summed E-state index contributed by atoms with van der Waals surface area (Å²) < 4.78 is 43.0. The number of nitrogens with zero attached hydrogens (tertiary/aromatic N) is 1. The van der Waals surface area contributed by atoms with Gasteiger partial charge in [0.15, 0.2) is 6.10 Å². The summed E-state index contributed by atoms with van der Waals surface area (Å²) in [6, 6.07) is 0. The van der Waals surface area contributed by atoms with E-state index in [1.54, 1.807) is 0 Å². The first-order chi connectivity index (χ1) is 28.2. The molecule has 0 saturated carbocycles. The fourth-order valence-corrected chi connectivity index (χ4v) is 7.41. The van der Waals surface area contributed by atoms with Gasteiger partial charge in [-0.25, -0.2) is 4.57 Å². The first-order valence-electron chi connectivity index (χ1n) is 23.5. The Hall–Kier alpha value is -0.720. The minimum atomic E-state index is -4.59. The number of hydrogen-bond acceptors (Lipinski definition) is 11. The van der Waals surface area contributed by atoms with Crippen molar-refractivity contribution in [2.45, 2.75) is 225 Å². The summed E-state index contributed by atoms with van der Waals surface area (Å²) in [4.78, 5) is 39.0. The fourth-order valence-electron chi connectivity index (χ4n) is 6.67. The normalized spacial score (nSPS) is 13.1. The molecule has 12 nitrogen and oxygen atoms in total. The molecule has 0 spiro atoms. The number of phosphoric acid groups is 1. The van der Waals surface area contributed by atoms with E-state index in [1.165, 1.54) is 148 Å². The summed E-state index contributed by atoms with van der Waals surface area (Å²) in [5.74, 6) is -0.901. The molecule has 0 heterocycles. The van der Waals surface area contributed by atoms with E-state index in [4.69, 9.17) is 28.0 Å². The number of phosphoric ester groups is 1. The van der Waals surface area contributed by atoms with Crippen LogP contribution in [0.4, 0.5) is 0 Å². The van der Waals surface area contributed by atoms with Crippen LogP contribution in [0.15, 0.2) is 4.99 Å². The molecule has 0 aliphatic heterocycles. The Balaban J connectivity index is 0. The summed E-state index contributed by atoms with van der Waals surface area (Å²) in [7, 11) is -3.12. The maximum absolute atomic E-state index is 12.7. The molecule has 0 bridgehead atoms. The van der Waals surface area contributed by atoms with Gasteiger partial charge in [-0.05, 0) is 12.8 Å². The molecule has 0 aliphatic carbocycles. The third kappa shape index (κ3) is 46.6. The zero-order chi connectivity index (χ0) is 42.6. The van der Waals surface area contributed by atoms with Crippen molar-refractivity contribution < 1.29 is 81.7 Å². The van der Waals surface area contributed by atoms with Crippen LogP contribution in [0.5, 0.6) is 0 Å². The van der Waals surface area contributed by atoms with Crippen molar-refractivity contribution >= 4 is 25.8 Å². The van der Waals surface area contributed by atoms with Gasteiger partial charge in [0.25, 0.3) is 0 Å². The molecular formula is C45H87NNaO11P. The van der Waals surface area contributed by atoms with E-state index in [-0.39, 0.29) is 75.4 Å². The van der Waals surface area contributed by atoms with E-state index in [0.29, 0.717) is 12.8 Å². The third-order valence-corrected chi connectivity index (χ3v) is 11.2. The van der Waals surface area contributed by atoms with Crippen molar-refractivity contribution in [1.82, 2.24) is 0 Å². The zero-order valence-corrected chi connectivity index (χ0v) is 41.3. The molecule has 0 amide bonds. The summed E-state index contributed by atoms with van der Waals surface area (Å²) >= 11 is 0. The molecule has 0 aliphatic rings. The fraction of sp³-hybridized carbons (Fsp3) is 0.933. The Bertz CT molecular complexity index is 1010. The van der Waals surface area contributed by atoms with Crippen molar-refractivity contribution in [2.24, 2.45) is 4.99 Å². The molecule has 2 atom stereocenters. The maximum atomic E-state index is 12.7. The molecule has 0 radical (unpaired) electrons. The monoisotopic (exact) mass is 872 g/mol. The maximum Gasteiger partial charge on any atom is 1.00 e. The van der Waals surface area contributed by atoms with Gasteiger partial charge < -0.3 is 28.9 Å². The van der Waals surface area contributed by atoms with Gasteiger partial charge in [0, 0.05) is 26.6 Å². The standard InChI is InChI=1S/C45H88NO11P.Na/c1-4-6-8-10-12-14-16-18-20-22-24-26-28-30-32-34-43(47)54-40-42(41-56-58(50,51)55-37-36-46-45(49)53-39-38-52-3)57-44(48)35-33-31-29-27-25-23-21-19-17-15-13-11-9-7-5-2;/h42H,4-41H2,1-3H3,(H,46,49)(H,50,51);/q;+1/p-1. The van der Waals surface area contributed by atoms with Gasteiger partial charge >= 0.3 is 49.3 Å². The average Bonchev–Trinajstić information content (AvgIpc) is 3.20. The molecule has 0 aromatic carbocycles. The van der Waals surface area contributed by atoms with Gasteiger partial charge in [-0.3, -0.25) is 23.6 Å². The number of hydrogen-bond donors (Lipinski definition) is 1. The number of carbonyl (C=O) groups excluding carboxylic acids is 2. The summed E-state index contributed by atoms with van der Waals surface area (Å²) in [6.45, 7) is 3.33. The van der Waals surface area contributed by atoms with E-state index in [9.17, 15) is 24.2 Å². The van der Waals surface area contributed by atoms with Crippen molar-refractivity contribution in [1.29, 1.82) is 0 Å². The largest absolute Gasteiger partial charge is 1.00 e. The quantitative estimate of drug-likeness (QED) is 0.0156. The Labute approximate surface area is 382 Å². The second-order valence-corrected chi connectivity index (χ2v) is 17.2. The Morgan fingerprint density at radius 3 is 1.34 bits per heavy atom. The number of unbranched alkanes of at least 4 members (excludes halogenated alkanes) is 28. The summed E-state index contributed by atoms with van der Waals surface area (Å²) in [5, 5.41) is 11.6. The van der Waals surface area contributed by atoms with E-state index in [0.717, 1.165) is 38.5 Å². The summed E-state index contributed by atoms with van der Waals surface area (Å²) in [5.41, 5.74) is 0. The van der Waals surface area contributed by atoms with E-state index < -0.39 is 38.6 Å². The first kappa shape index (κ1) is 60.4. The van der Waals surface area contributed by atoms with Crippen molar-refractivity contribution in [3.8, 4) is 0 Å². The number of rotatable bonds is 45. The first-order valence-corrected chi connectivity index (χ1v) is 25.0. The molecule has 1 N–H and O–H groups in total. The van der Waals surface area contributed by atoms with Gasteiger partial charge in [-0.15, -0.1) is 0 Å². The molecule has 0 rings (SSSR count). The molecule has 2 unspecified atom stereocenters. The van der Waals surface area contributed by atoms with Crippen molar-refractivity contribution in [3.05, 3.63) is 0 Å². The Kier molecular flexibility index (Phi) is 47.9. The van der Waals surface area contributed by atoms with Crippen LogP contribution >= 0.6 is 7.82 Å². The molecule has 59 heavy (non-hydrogen) atoms. The van der Waals surface area contributed by atoms with Crippen LogP contribution in [0.1, 0.15) is 219 Å². The second-order valence-electron chi connectivity index (χ2n) is 15.8. The number of aliphatic imine (C=N–C) groups is 1. The predicted molar refractivity (Wildman–Crippen MR) is 232 cm³/mol. The van der Waals surface area contributed by atoms with E-state index in [2.05, 4.69) is 18.8 Å². The smallest absolute Gasteiger partial charge is 0.598 e. The van der Waals surface area contributed by atoms with Crippen LogP contribution < -0.4 is 34.7 Å². The number of methoxy groups -OCH3 is 1. The molecule has 14 heteroatoms. The van der Waals surface area contributed by atoms with Crippen LogP contribution in [0.25, 0.3) is 0 Å². The third-order valence-electron chi connectivity index (χ3n) is 10.2. The minimum absolute atomic E-state index is 0. The molecular weight excluding hydrogens is 784 g/mol. The molecule has 0 fully saturated rings. The number of carbonyl (C=O) groups is 2. The Morgan fingerprint density at radius 2 is 0.932 bits per heavy atom. The van der Waals surface area contributed by atoms with Gasteiger partial charge in [0.2, 0.25) is 0 Å². The van der Waals surface area contributed by atoms with Gasteiger partial charge in [-0.1, -0.05) is 194 Å². The van der Waals surface area contributed by atoms with Gasteiger partial charge in [0.05, 0.1) is 26.4 Å². The molecule has 0 aromatic rings. The Morgan fingerprint density at radius 1 is 0.542 bits per heavy atom. The number of ether oxygens (including phenoxy) is 4. The average molecular weight is 872 g/mol. The van der Waals surface area contributed by atoms with Gasteiger partial charge in [-0.2, -0.15) is 0 Å². The van der Waals surface area contributed by atoms with Crippen LogP contribution in [-0.2, 0) is 42.1 Å². The number of esters is 2. The molecule has 0 aromatic heterocycles. The second kappa shape index (κ2) is 46.8. The molecule has 0 saturated heterocycles. The van der Waals surface area contributed by atoms with E-state index in [1.807, 2.05) is 0 Å². The summed E-state index contributed by atoms with van der Waals surface area (Å²) in [6.07, 6.45) is 35.3. The van der Waals surface area contributed by atoms with Crippen LogP contribution in [-0.4, -0.2) is 75.7 Å². The van der Waals surface area contributed by atoms with Crippen molar-refractivity contribution in [3.63, 3.8) is 0 Å². The molecule has 344 valence electrons. The van der Waals surface area contributed by atoms with Crippen LogP contribution in [0, 0.1) is 0 Å².